The number of rotatable bonds is 7. The van der Waals surface area contributed by atoms with Gasteiger partial charge in [0.1, 0.15) is 0 Å². The van der Waals surface area contributed by atoms with E-state index in [1.807, 2.05) is 0 Å². The van der Waals surface area contributed by atoms with Gasteiger partial charge < -0.3 is 4.90 Å². The summed E-state index contributed by atoms with van der Waals surface area (Å²) in [6.45, 7) is 4.93. The first-order chi connectivity index (χ1) is 8.19. The fraction of sp³-hybridized carbons (Fsp3) is 1.00. The standard InChI is InChI=1S/C15H28ClN/c1-12(5-7-16)6-8-17(2)11-15-10-13-3-4-14(15)9-13/h12-15H,3-11H2,1-2H3. The molecule has 2 heteroatoms. The molecule has 0 spiro atoms. The minimum atomic E-state index is 0.787. The molecule has 0 heterocycles. The Balaban J connectivity index is 1.62. The molecule has 0 radical (unpaired) electrons. The molecule has 1 nitrogen and oxygen atoms in total. The second kappa shape index (κ2) is 6.43. The molecule has 2 bridgehead atoms. The van der Waals surface area contributed by atoms with Crippen molar-refractivity contribution in [2.75, 3.05) is 26.0 Å². The Kier molecular flexibility index (Phi) is 5.17. The van der Waals surface area contributed by atoms with Crippen molar-refractivity contribution in [1.29, 1.82) is 0 Å². The first-order valence-electron chi connectivity index (χ1n) is 7.43. The lowest BCUT2D eigenvalue weighted by atomic mass is 9.88. The third-order valence-corrected chi connectivity index (χ3v) is 5.25. The maximum atomic E-state index is 5.78. The first kappa shape index (κ1) is 13.7. The Labute approximate surface area is 112 Å². The van der Waals surface area contributed by atoms with Crippen molar-refractivity contribution in [3.05, 3.63) is 0 Å². The van der Waals surface area contributed by atoms with Crippen LogP contribution in [0.15, 0.2) is 0 Å². The van der Waals surface area contributed by atoms with E-state index in [0.717, 1.165) is 29.6 Å². The number of nitrogens with zero attached hydrogens (tertiary/aromatic N) is 1. The summed E-state index contributed by atoms with van der Waals surface area (Å²) in [5.41, 5.74) is 0. The van der Waals surface area contributed by atoms with Gasteiger partial charge in [-0.25, -0.2) is 0 Å². The summed E-state index contributed by atoms with van der Waals surface area (Å²) in [6, 6.07) is 0. The van der Waals surface area contributed by atoms with E-state index in [1.165, 1.54) is 45.2 Å². The molecule has 2 rings (SSSR count). The summed E-state index contributed by atoms with van der Waals surface area (Å²) in [6.07, 6.45) is 8.59. The van der Waals surface area contributed by atoms with Crippen LogP contribution in [-0.4, -0.2) is 30.9 Å². The van der Waals surface area contributed by atoms with Crippen LogP contribution in [0.4, 0.5) is 0 Å². The van der Waals surface area contributed by atoms with Crippen LogP contribution in [0.2, 0.25) is 0 Å². The van der Waals surface area contributed by atoms with Gasteiger partial charge in [-0.05, 0) is 69.4 Å². The zero-order valence-electron chi connectivity index (χ0n) is 11.5. The largest absolute Gasteiger partial charge is 0.306 e. The lowest BCUT2D eigenvalue weighted by Gasteiger charge is -2.27. The number of halogens is 1. The van der Waals surface area contributed by atoms with Crippen LogP contribution < -0.4 is 0 Å². The van der Waals surface area contributed by atoms with Gasteiger partial charge in [0.25, 0.3) is 0 Å². The van der Waals surface area contributed by atoms with Crippen molar-refractivity contribution in [3.8, 4) is 0 Å². The number of hydrogen-bond acceptors (Lipinski definition) is 1. The van der Waals surface area contributed by atoms with E-state index in [0.29, 0.717) is 0 Å². The molecule has 100 valence electrons. The lowest BCUT2D eigenvalue weighted by Crippen LogP contribution is -2.30. The predicted octanol–water partition coefficient (Wildman–Crippen LogP) is 4.01. The molecule has 17 heavy (non-hydrogen) atoms. The Morgan fingerprint density at radius 3 is 2.65 bits per heavy atom. The molecule has 0 aromatic heterocycles. The minimum Gasteiger partial charge on any atom is -0.306 e. The van der Waals surface area contributed by atoms with Gasteiger partial charge in [0.15, 0.2) is 0 Å². The summed E-state index contributed by atoms with van der Waals surface area (Å²) in [4.78, 5) is 2.57. The number of hydrogen-bond donors (Lipinski definition) is 0. The monoisotopic (exact) mass is 257 g/mol. The molecule has 2 fully saturated rings. The molecule has 0 aromatic rings. The van der Waals surface area contributed by atoms with Crippen molar-refractivity contribution in [2.24, 2.45) is 23.7 Å². The summed E-state index contributed by atoms with van der Waals surface area (Å²) >= 11 is 5.78. The normalized spacial score (nSPS) is 33.5. The van der Waals surface area contributed by atoms with Crippen molar-refractivity contribution in [3.63, 3.8) is 0 Å². The molecular formula is C15H28ClN. The predicted molar refractivity (Wildman–Crippen MR) is 75.6 cm³/mol. The maximum Gasteiger partial charge on any atom is 0.0225 e. The van der Waals surface area contributed by atoms with Gasteiger partial charge in [-0.15, -0.1) is 11.6 Å². The molecule has 2 saturated carbocycles. The van der Waals surface area contributed by atoms with Gasteiger partial charge in [0, 0.05) is 12.4 Å². The summed E-state index contributed by atoms with van der Waals surface area (Å²) in [5.74, 6) is 4.78. The first-order valence-corrected chi connectivity index (χ1v) is 7.97. The van der Waals surface area contributed by atoms with Crippen LogP contribution in [0.5, 0.6) is 0 Å². The van der Waals surface area contributed by atoms with E-state index in [4.69, 9.17) is 11.6 Å². The molecule has 4 atom stereocenters. The third kappa shape index (κ3) is 3.86. The van der Waals surface area contributed by atoms with Crippen molar-refractivity contribution < 1.29 is 0 Å². The molecule has 0 aliphatic heterocycles. The van der Waals surface area contributed by atoms with Crippen molar-refractivity contribution in [2.45, 2.75) is 45.4 Å². The third-order valence-electron chi connectivity index (χ3n) is 5.04. The Bertz CT molecular complexity index is 231. The Hall–Kier alpha value is 0.250. The maximum absolute atomic E-state index is 5.78. The molecule has 0 saturated heterocycles. The summed E-state index contributed by atoms with van der Waals surface area (Å²) in [5, 5.41) is 0. The highest BCUT2D eigenvalue weighted by Gasteiger charge is 2.39. The van der Waals surface area contributed by atoms with E-state index in [2.05, 4.69) is 18.9 Å². The van der Waals surface area contributed by atoms with Gasteiger partial charge >= 0.3 is 0 Å². The zero-order valence-corrected chi connectivity index (χ0v) is 12.3. The quantitative estimate of drug-likeness (QED) is 0.623. The van der Waals surface area contributed by atoms with Crippen molar-refractivity contribution >= 4 is 11.6 Å². The highest BCUT2D eigenvalue weighted by atomic mass is 35.5. The van der Waals surface area contributed by atoms with Crippen LogP contribution in [0.25, 0.3) is 0 Å². The molecule has 0 amide bonds. The summed E-state index contributed by atoms with van der Waals surface area (Å²) in [7, 11) is 2.30. The topological polar surface area (TPSA) is 3.24 Å². The minimum absolute atomic E-state index is 0.787. The molecule has 2 aliphatic carbocycles. The van der Waals surface area contributed by atoms with Crippen LogP contribution in [0, 0.1) is 23.7 Å². The number of alkyl halides is 1. The highest BCUT2D eigenvalue weighted by Crippen LogP contribution is 2.48. The van der Waals surface area contributed by atoms with E-state index >= 15 is 0 Å². The molecular weight excluding hydrogens is 230 g/mol. The van der Waals surface area contributed by atoms with E-state index in [1.54, 1.807) is 6.42 Å². The zero-order chi connectivity index (χ0) is 12.3. The van der Waals surface area contributed by atoms with Gasteiger partial charge in [-0.1, -0.05) is 13.3 Å². The summed E-state index contributed by atoms with van der Waals surface area (Å²) < 4.78 is 0. The van der Waals surface area contributed by atoms with E-state index in [-0.39, 0.29) is 0 Å². The molecule has 0 aromatic carbocycles. The average molecular weight is 258 g/mol. The van der Waals surface area contributed by atoms with Crippen LogP contribution in [0.1, 0.15) is 45.4 Å². The fourth-order valence-corrected chi connectivity index (χ4v) is 4.24. The molecule has 4 unspecified atom stereocenters. The lowest BCUT2D eigenvalue weighted by molar-refractivity contribution is 0.210. The molecule has 2 aliphatic rings. The number of fused-ring (bicyclic) bond motifs is 2. The highest BCUT2D eigenvalue weighted by molar-refractivity contribution is 6.17. The van der Waals surface area contributed by atoms with E-state index < -0.39 is 0 Å². The Morgan fingerprint density at radius 1 is 1.24 bits per heavy atom. The van der Waals surface area contributed by atoms with Crippen LogP contribution >= 0.6 is 11.6 Å². The van der Waals surface area contributed by atoms with Crippen LogP contribution in [0.3, 0.4) is 0 Å². The second-order valence-corrected chi connectivity index (χ2v) is 6.95. The Morgan fingerprint density at radius 2 is 2.06 bits per heavy atom. The van der Waals surface area contributed by atoms with Crippen molar-refractivity contribution in [1.82, 2.24) is 4.90 Å². The van der Waals surface area contributed by atoms with Gasteiger partial charge in [-0.2, -0.15) is 0 Å². The van der Waals surface area contributed by atoms with Crippen LogP contribution in [-0.2, 0) is 0 Å². The van der Waals surface area contributed by atoms with E-state index in [9.17, 15) is 0 Å². The fourth-order valence-electron chi connectivity index (χ4n) is 3.86. The molecule has 0 N–H and O–H groups in total. The second-order valence-electron chi connectivity index (χ2n) is 6.57. The van der Waals surface area contributed by atoms with Gasteiger partial charge in [-0.3, -0.25) is 0 Å². The smallest absolute Gasteiger partial charge is 0.0225 e. The average Bonchev–Trinajstić information content (AvgIpc) is 2.88. The van der Waals surface area contributed by atoms with Gasteiger partial charge in [0.2, 0.25) is 0 Å². The SMILES string of the molecule is CC(CCCl)CCN(C)CC1CC2CCC1C2. The van der Waals surface area contributed by atoms with Gasteiger partial charge in [0.05, 0.1) is 0 Å².